The van der Waals surface area contributed by atoms with E-state index >= 15 is 0 Å². The highest BCUT2D eigenvalue weighted by Crippen LogP contribution is 2.43. The molecule has 1 aromatic heterocycles. The van der Waals surface area contributed by atoms with E-state index in [-0.39, 0.29) is 21.8 Å². The van der Waals surface area contributed by atoms with Crippen molar-refractivity contribution < 1.29 is 23.5 Å². The van der Waals surface area contributed by atoms with Crippen LogP contribution in [0.5, 0.6) is 0 Å². The summed E-state index contributed by atoms with van der Waals surface area (Å²) in [6.45, 7) is 1.67. The second kappa shape index (κ2) is 7.17. The zero-order valence-corrected chi connectivity index (χ0v) is 15.8. The summed E-state index contributed by atoms with van der Waals surface area (Å²) < 4.78 is 27.9. The standard InChI is InChI=1S/C20H13F2N3O3S/c1-10-23-24-20(29-10)25-16(13-4-2-3-5-14(13)22)15(18(27)19(25)28)17(26)11-6-8-12(21)9-7-11/h2-9,16,26H,1H3/b17-15-. The molecule has 4 rings (SSSR count). The molecule has 1 fully saturated rings. The third-order valence-electron chi connectivity index (χ3n) is 4.48. The van der Waals surface area contributed by atoms with Crippen LogP contribution >= 0.6 is 11.3 Å². The van der Waals surface area contributed by atoms with Gasteiger partial charge in [0.25, 0.3) is 5.78 Å². The quantitative estimate of drug-likeness (QED) is 0.402. The van der Waals surface area contributed by atoms with E-state index in [0.29, 0.717) is 5.01 Å². The number of aliphatic hydroxyl groups excluding tert-OH is 1. The van der Waals surface area contributed by atoms with Gasteiger partial charge in [-0.05, 0) is 37.3 Å². The van der Waals surface area contributed by atoms with Gasteiger partial charge in [0.05, 0.1) is 5.57 Å². The van der Waals surface area contributed by atoms with E-state index in [1.807, 2.05) is 0 Å². The predicted octanol–water partition coefficient (Wildman–Crippen LogP) is 3.75. The smallest absolute Gasteiger partial charge is 0.301 e. The minimum atomic E-state index is -1.24. The van der Waals surface area contributed by atoms with Gasteiger partial charge >= 0.3 is 5.91 Å². The van der Waals surface area contributed by atoms with Crippen LogP contribution < -0.4 is 4.90 Å². The minimum Gasteiger partial charge on any atom is -0.507 e. The highest BCUT2D eigenvalue weighted by atomic mass is 32.1. The zero-order valence-electron chi connectivity index (χ0n) is 15.0. The van der Waals surface area contributed by atoms with Gasteiger partial charge in [0.1, 0.15) is 28.4 Å². The maximum Gasteiger partial charge on any atom is 0.301 e. The molecule has 3 aromatic rings. The van der Waals surface area contributed by atoms with E-state index in [0.717, 1.165) is 28.4 Å². The van der Waals surface area contributed by atoms with Gasteiger partial charge in [-0.3, -0.25) is 14.5 Å². The number of aromatic nitrogens is 2. The number of benzene rings is 2. The van der Waals surface area contributed by atoms with Crippen molar-refractivity contribution in [3.05, 3.63) is 81.9 Å². The van der Waals surface area contributed by atoms with E-state index in [1.165, 1.54) is 30.3 Å². The van der Waals surface area contributed by atoms with Crippen LogP contribution in [0.4, 0.5) is 13.9 Å². The van der Waals surface area contributed by atoms with Crippen molar-refractivity contribution in [2.24, 2.45) is 0 Å². The van der Waals surface area contributed by atoms with Crippen molar-refractivity contribution in [1.82, 2.24) is 10.2 Å². The topological polar surface area (TPSA) is 83.4 Å². The van der Waals surface area contributed by atoms with Gasteiger partial charge in [-0.15, -0.1) is 10.2 Å². The van der Waals surface area contributed by atoms with Crippen LogP contribution in [-0.2, 0) is 9.59 Å². The Morgan fingerprint density at radius 1 is 1.07 bits per heavy atom. The summed E-state index contributed by atoms with van der Waals surface area (Å²) in [6.07, 6.45) is 0. The Morgan fingerprint density at radius 2 is 1.76 bits per heavy atom. The lowest BCUT2D eigenvalue weighted by Crippen LogP contribution is -2.29. The fraction of sp³-hybridized carbons (Fsp3) is 0.100. The van der Waals surface area contributed by atoms with Crippen LogP contribution in [0.1, 0.15) is 22.2 Å². The van der Waals surface area contributed by atoms with Gasteiger partial charge < -0.3 is 5.11 Å². The molecule has 6 nitrogen and oxygen atoms in total. The van der Waals surface area contributed by atoms with E-state index in [1.54, 1.807) is 13.0 Å². The molecule has 0 bridgehead atoms. The number of nitrogens with zero attached hydrogens (tertiary/aromatic N) is 3. The largest absolute Gasteiger partial charge is 0.507 e. The third kappa shape index (κ3) is 3.19. The molecule has 1 N–H and O–H groups in total. The van der Waals surface area contributed by atoms with Crippen molar-refractivity contribution in [3.63, 3.8) is 0 Å². The number of ketones is 1. The summed E-state index contributed by atoms with van der Waals surface area (Å²) in [5.41, 5.74) is -0.165. The first-order valence-corrected chi connectivity index (χ1v) is 9.31. The molecular weight excluding hydrogens is 400 g/mol. The van der Waals surface area contributed by atoms with Gasteiger partial charge in [-0.1, -0.05) is 29.5 Å². The zero-order chi connectivity index (χ0) is 20.7. The SMILES string of the molecule is Cc1nnc(N2C(=O)C(=O)/C(=C(\O)c3ccc(F)cc3)C2c2ccccc2F)s1. The van der Waals surface area contributed by atoms with Crippen LogP contribution in [0.15, 0.2) is 54.1 Å². The maximum atomic E-state index is 14.6. The van der Waals surface area contributed by atoms with Crippen LogP contribution in [0.3, 0.4) is 0 Å². The molecule has 1 amide bonds. The van der Waals surface area contributed by atoms with Crippen LogP contribution in [-0.4, -0.2) is 27.0 Å². The fourth-order valence-corrected chi connectivity index (χ4v) is 3.88. The van der Waals surface area contributed by atoms with Crippen LogP contribution in [0, 0.1) is 18.6 Å². The average Bonchev–Trinajstić information content (AvgIpc) is 3.23. The van der Waals surface area contributed by atoms with Gasteiger partial charge in [0, 0.05) is 11.1 Å². The molecule has 0 radical (unpaired) electrons. The van der Waals surface area contributed by atoms with E-state index in [2.05, 4.69) is 10.2 Å². The van der Waals surface area contributed by atoms with E-state index in [4.69, 9.17) is 0 Å². The number of Topliss-reactive ketones (excluding diaryl/α,β-unsaturated/α-hetero) is 1. The third-order valence-corrected chi connectivity index (χ3v) is 5.32. The van der Waals surface area contributed by atoms with Gasteiger partial charge in [-0.25, -0.2) is 8.78 Å². The Labute approximate surface area is 167 Å². The number of hydrogen-bond acceptors (Lipinski definition) is 6. The lowest BCUT2D eigenvalue weighted by Gasteiger charge is -2.22. The number of rotatable bonds is 3. The van der Waals surface area contributed by atoms with Crippen molar-refractivity contribution in [2.75, 3.05) is 4.90 Å². The van der Waals surface area contributed by atoms with Gasteiger partial charge in [0.2, 0.25) is 5.13 Å². The molecule has 1 aliphatic rings. The molecule has 0 spiro atoms. The Hall–Kier alpha value is -3.46. The van der Waals surface area contributed by atoms with Gasteiger partial charge in [0.15, 0.2) is 0 Å². The molecule has 1 unspecified atom stereocenters. The van der Waals surface area contributed by atoms with Crippen molar-refractivity contribution in [1.29, 1.82) is 0 Å². The average molecular weight is 413 g/mol. The van der Waals surface area contributed by atoms with Crippen molar-refractivity contribution in [2.45, 2.75) is 13.0 Å². The number of amides is 1. The van der Waals surface area contributed by atoms with E-state index in [9.17, 15) is 23.5 Å². The lowest BCUT2D eigenvalue weighted by molar-refractivity contribution is -0.132. The highest BCUT2D eigenvalue weighted by Gasteiger charge is 2.49. The molecule has 2 heterocycles. The first-order chi connectivity index (χ1) is 13.9. The summed E-state index contributed by atoms with van der Waals surface area (Å²) in [5, 5.41) is 19.2. The molecule has 9 heteroatoms. The molecule has 1 atom stereocenters. The normalized spacial score (nSPS) is 18.4. The molecular formula is C20H13F2N3O3S. The molecule has 0 aliphatic carbocycles. The minimum absolute atomic E-state index is 0.0169. The monoisotopic (exact) mass is 413 g/mol. The molecule has 1 aliphatic heterocycles. The van der Waals surface area contributed by atoms with Crippen LogP contribution in [0.2, 0.25) is 0 Å². The Kier molecular flexibility index (Phi) is 4.67. The number of aliphatic hydroxyl groups is 1. The summed E-state index contributed by atoms with van der Waals surface area (Å²) in [4.78, 5) is 26.6. The molecule has 146 valence electrons. The maximum absolute atomic E-state index is 14.6. The summed E-state index contributed by atoms with van der Waals surface area (Å²) >= 11 is 1.06. The van der Waals surface area contributed by atoms with Gasteiger partial charge in [-0.2, -0.15) is 0 Å². The Balaban J connectivity index is 1.97. The molecule has 29 heavy (non-hydrogen) atoms. The number of carbonyl (C=O) groups excluding carboxylic acids is 2. The highest BCUT2D eigenvalue weighted by molar-refractivity contribution is 7.15. The molecule has 2 aromatic carbocycles. The number of halogens is 2. The summed E-state index contributed by atoms with van der Waals surface area (Å²) in [5.74, 6) is -3.67. The van der Waals surface area contributed by atoms with Crippen LogP contribution in [0.25, 0.3) is 5.76 Å². The predicted molar refractivity (Wildman–Crippen MR) is 102 cm³/mol. The fourth-order valence-electron chi connectivity index (χ4n) is 3.17. The number of hydrogen-bond donors (Lipinski definition) is 1. The second-order valence-electron chi connectivity index (χ2n) is 6.30. The summed E-state index contributed by atoms with van der Waals surface area (Å²) in [7, 11) is 0. The van der Waals surface area contributed by atoms with E-state index < -0.39 is 35.1 Å². The first-order valence-electron chi connectivity index (χ1n) is 8.50. The number of aryl methyl sites for hydroxylation is 1. The lowest BCUT2D eigenvalue weighted by atomic mass is 9.95. The Morgan fingerprint density at radius 3 is 2.38 bits per heavy atom. The second-order valence-corrected chi connectivity index (χ2v) is 7.46. The van der Waals surface area contributed by atoms with Crippen molar-refractivity contribution in [3.8, 4) is 0 Å². The van der Waals surface area contributed by atoms with Crippen molar-refractivity contribution >= 4 is 33.9 Å². The first kappa shape index (κ1) is 18.9. The number of anilines is 1. The molecule has 0 saturated carbocycles. The Bertz CT molecular complexity index is 1160. The molecule has 1 saturated heterocycles. The summed E-state index contributed by atoms with van der Waals surface area (Å²) in [6, 6.07) is 9.16. The number of carbonyl (C=O) groups is 2.